The lowest BCUT2D eigenvalue weighted by Crippen LogP contribution is -2.44. The molecule has 1 aromatic rings. The fraction of sp³-hybridized carbons (Fsp3) is 0.579. The van der Waals surface area contributed by atoms with Gasteiger partial charge in [0.1, 0.15) is 0 Å². The third-order valence-electron chi connectivity index (χ3n) is 4.89. The molecule has 0 aliphatic carbocycles. The monoisotopic (exact) mass is 346 g/mol. The molecule has 0 unspecified atom stereocenters. The van der Waals surface area contributed by atoms with Crippen LogP contribution in [0, 0.1) is 12.8 Å². The largest absolute Gasteiger partial charge is 0.369 e. The van der Waals surface area contributed by atoms with Crippen molar-refractivity contribution in [2.45, 2.75) is 33.7 Å². The molecule has 1 fully saturated rings. The van der Waals surface area contributed by atoms with Crippen molar-refractivity contribution in [1.82, 2.24) is 10.2 Å². The summed E-state index contributed by atoms with van der Waals surface area (Å²) >= 11 is 0. The Morgan fingerprint density at radius 2 is 1.68 bits per heavy atom. The van der Waals surface area contributed by atoms with Gasteiger partial charge in [-0.1, -0.05) is 13.8 Å². The molecule has 6 nitrogen and oxygen atoms in total. The molecule has 25 heavy (non-hydrogen) atoms. The molecule has 2 rings (SSSR count). The smallest absolute Gasteiger partial charge is 0.313 e. The van der Waals surface area contributed by atoms with Crippen LogP contribution in [0.1, 0.15) is 26.3 Å². The summed E-state index contributed by atoms with van der Waals surface area (Å²) in [6.45, 7) is 11.9. The Morgan fingerprint density at radius 1 is 1.04 bits per heavy atom. The van der Waals surface area contributed by atoms with Gasteiger partial charge in [0.05, 0.1) is 0 Å². The number of piperazine rings is 1. The maximum absolute atomic E-state index is 12.1. The van der Waals surface area contributed by atoms with Crippen molar-refractivity contribution >= 4 is 23.2 Å². The van der Waals surface area contributed by atoms with Crippen LogP contribution in [0.5, 0.6) is 0 Å². The first-order valence-electron chi connectivity index (χ1n) is 8.94. The number of nitrogens with zero attached hydrogens (tertiary/aromatic N) is 2. The Morgan fingerprint density at radius 3 is 2.24 bits per heavy atom. The van der Waals surface area contributed by atoms with E-state index in [0.29, 0.717) is 5.69 Å². The van der Waals surface area contributed by atoms with Crippen LogP contribution >= 0.6 is 0 Å². The Labute approximate surface area is 150 Å². The second-order valence-electron chi connectivity index (χ2n) is 7.25. The molecule has 1 atom stereocenters. The number of carbonyl (C=O) groups is 2. The number of anilines is 2. The van der Waals surface area contributed by atoms with Gasteiger partial charge < -0.3 is 20.4 Å². The maximum atomic E-state index is 12.1. The minimum Gasteiger partial charge on any atom is -0.369 e. The van der Waals surface area contributed by atoms with E-state index in [9.17, 15) is 9.59 Å². The summed E-state index contributed by atoms with van der Waals surface area (Å²) in [5.74, 6) is -0.937. The first kappa shape index (κ1) is 19.2. The summed E-state index contributed by atoms with van der Waals surface area (Å²) in [5, 5.41) is 5.44. The molecule has 2 amide bonds. The van der Waals surface area contributed by atoms with Crippen LogP contribution < -0.4 is 15.5 Å². The molecule has 0 radical (unpaired) electrons. The molecular formula is C19H30N4O2. The van der Waals surface area contributed by atoms with E-state index >= 15 is 0 Å². The third-order valence-corrected chi connectivity index (χ3v) is 4.89. The molecule has 2 N–H and O–H groups in total. The Hall–Kier alpha value is -2.08. The average molecular weight is 346 g/mol. The highest BCUT2D eigenvalue weighted by Crippen LogP contribution is 2.23. The molecular weight excluding hydrogens is 316 g/mol. The van der Waals surface area contributed by atoms with E-state index in [2.05, 4.69) is 33.5 Å². The van der Waals surface area contributed by atoms with E-state index in [1.807, 2.05) is 39.8 Å². The van der Waals surface area contributed by atoms with Crippen LogP contribution in [0.15, 0.2) is 18.2 Å². The lowest BCUT2D eigenvalue weighted by molar-refractivity contribution is -0.136. The first-order valence-corrected chi connectivity index (χ1v) is 8.94. The standard InChI is InChI=1S/C19H30N4O2/c1-13(2)15(4)20-18(24)19(25)21-17-7-6-16(12-14(17)3)23-10-8-22(5)9-11-23/h6-7,12-13,15H,8-11H2,1-5H3,(H,20,24)(H,21,25)/t15-/m1/s1. The first-order chi connectivity index (χ1) is 11.8. The second kappa shape index (κ2) is 8.34. The minimum absolute atomic E-state index is 0.0426. The number of amides is 2. The number of carbonyl (C=O) groups excluding carboxylic acids is 2. The SMILES string of the molecule is Cc1cc(N2CCN(C)CC2)ccc1NC(=O)C(=O)N[C@H](C)C(C)C. The Balaban J connectivity index is 1.98. The highest BCUT2D eigenvalue weighted by molar-refractivity contribution is 6.39. The van der Waals surface area contributed by atoms with Gasteiger partial charge in [0.2, 0.25) is 0 Å². The Kier molecular flexibility index (Phi) is 6.42. The van der Waals surface area contributed by atoms with Crippen molar-refractivity contribution < 1.29 is 9.59 Å². The van der Waals surface area contributed by atoms with Crippen LogP contribution in [0.4, 0.5) is 11.4 Å². The molecule has 1 aromatic carbocycles. The van der Waals surface area contributed by atoms with E-state index in [-0.39, 0.29) is 12.0 Å². The molecule has 0 spiro atoms. The van der Waals surface area contributed by atoms with Crippen molar-refractivity contribution in [3.8, 4) is 0 Å². The summed E-state index contributed by atoms with van der Waals surface area (Å²) in [5.41, 5.74) is 2.78. The van der Waals surface area contributed by atoms with Crippen LogP contribution in [0.3, 0.4) is 0 Å². The molecule has 1 aliphatic heterocycles. The van der Waals surface area contributed by atoms with Crippen LogP contribution in [-0.2, 0) is 9.59 Å². The summed E-state index contributed by atoms with van der Waals surface area (Å²) in [7, 11) is 2.13. The normalized spacial score (nSPS) is 16.6. The number of aryl methyl sites for hydroxylation is 1. The molecule has 1 saturated heterocycles. The van der Waals surface area contributed by atoms with Crippen molar-refractivity contribution in [3.63, 3.8) is 0 Å². The molecule has 0 bridgehead atoms. The summed E-state index contributed by atoms with van der Waals surface area (Å²) in [6, 6.07) is 5.90. The van der Waals surface area contributed by atoms with Gasteiger partial charge in [0, 0.05) is 43.6 Å². The average Bonchev–Trinajstić information content (AvgIpc) is 2.57. The van der Waals surface area contributed by atoms with E-state index < -0.39 is 11.8 Å². The zero-order chi connectivity index (χ0) is 18.6. The van der Waals surface area contributed by atoms with E-state index in [4.69, 9.17) is 0 Å². The zero-order valence-electron chi connectivity index (χ0n) is 15.9. The van der Waals surface area contributed by atoms with Crippen molar-refractivity contribution in [1.29, 1.82) is 0 Å². The van der Waals surface area contributed by atoms with Gasteiger partial charge in [-0.15, -0.1) is 0 Å². The predicted octanol–water partition coefficient (Wildman–Crippen LogP) is 1.85. The fourth-order valence-electron chi connectivity index (χ4n) is 2.67. The van der Waals surface area contributed by atoms with E-state index in [1.54, 1.807) is 0 Å². The summed E-state index contributed by atoms with van der Waals surface area (Å²) in [6.07, 6.45) is 0. The molecule has 138 valence electrons. The van der Waals surface area contributed by atoms with Gasteiger partial charge in [0.15, 0.2) is 0 Å². The predicted molar refractivity (Wildman–Crippen MR) is 102 cm³/mol. The molecule has 1 aliphatic rings. The minimum atomic E-state index is -0.622. The quantitative estimate of drug-likeness (QED) is 0.817. The van der Waals surface area contributed by atoms with E-state index in [1.165, 1.54) is 0 Å². The lowest BCUT2D eigenvalue weighted by atomic mass is 10.1. The fourth-order valence-corrected chi connectivity index (χ4v) is 2.67. The molecule has 0 saturated carbocycles. The van der Waals surface area contributed by atoms with Crippen molar-refractivity contribution in [2.24, 2.45) is 5.92 Å². The highest BCUT2D eigenvalue weighted by atomic mass is 16.2. The number of likely N-dealkylation sites (N-methyl/N-ethyl adjacent to an activating group) is 1. The van der Waals surface area contributed by atoms with Gasteiger partial charge in [0.25, 0.3) is 0 Å². The Bertz CT molecular complexity index is 622. The van der Waals surface area contributed by atoms with Crippen LogP contribution in [0.2, 0.25) is 0 Å². The number of rotatable bonds is 4. The van der Waals surface area contributed by atoms with Gasteiger partial charge in [-0.3, -0.25) is 9.59 Å². The van der Waals surface area contributed by atoms with Gasteiger partial charge in [-0.2, -0.15) is 0 Å². The number of hydrogen-bond donors (Lipinski definition) is 2. The van der Waals surface area contributed by atoms with Gasteiger partial charge in [-0.05, 0) is 50.6 Å². The topological polar surface area (TPSA) is 64.7 Å². The summed E-state index contributed by atoms with van der Waals surface area (Å²) in [4.78, 5) is 28.7. The van der Waals surface area contributed by atoms with Crippen molar-refractivity contribution in [3.05, 3.63) is 23.8 Å². The summed E-state index contributed by atoms with van der Waals surface area (Å²) < 4.78 is 0. The number of nitrogens with one attached hydrogen (secondary N) is 2. The number of benzene rings is 1. The maximum Gasteiger partial charge on any atom is 0.313 e. The second-order valence-corrected chi connectivity index (χ2v) is 7.25. The molecule has 6 heteroatoms. The third kappa shape index (κ3) is 5.19. The molecule has 0 aromatic heterocycles. The van der Waals surface area contributed by atoms with Gasteiger partial charge in [-0.25, -0.2) is 0 Å². The van der Waals surface area contributed by atoms with Crippen LogP contribution in [-0.4, -0.2) is 56.0 Å². The van der Waals surface area contributed by atoms with Crippen LogP contribution in [0.25, 0.3) is 0 Å². The van der Waals surface area contributed by atoms with Crippen molar-refractivity contribution in [2.75, 3.05) is 43.4 Å². The highest BCUT2D eigenvalue weighted by Gasteiger charge is 2.19. The molecule has 1 heterocycles. The number of hydrogen-bond acceptors (Lipinski definition) is 4. The van der Waals surface area contributed by atoms with Gasteiger partial charge >= 0.3 is 11.8 Å². The lowest BCUT2D eigenvalue weighted by Gasteiger charge is -2.34. The van der Waals surface area contributed by atoms with E-state index in [0.717, 1.165) is 37.4 Å². The zero-order valence-corrected chi connectivity index (χ0v) is 15.9.